The number of amides is 1. The van der Waals surface area contributed by atoms with Gasteiger partial charge in [0, 0.05) is 31.1 Å². The molecule has 6 heteroatoms. The zero-order valence-corrected chi connectivity index (χ0v) is 21.4. The molecule has 5 atom stereocenters. The fourth-order valence-electron chi connectivity index (χ4n) is 8.63. The Bertz CT molecular complexity index is 1250. The van der Waals surface area contributed by atoms with Gasteiger partial charge in [0.15, 0.2) is 11.5 Å². The van der Waals surface area contributed by atoms with Gasteiger partial charge >= 0.3 is 0 Å². The number of aliphatic hydroxyl groups is 1. The number of benzene rings is 2. The number of hydrogen-bond donors (Lipinski definition) is 1. The van der Waals surface area contributed by atoms with Crippen LogP contribution >= 0.6 is 0 Å². The van der Waals surface area contributed by atoms with Gasteiger partial charge < -0.3 is 19.5 Å². The summed E-state index contributed by atoms with van der Waals surface area (Å²) in [5, 5.41) is 12.8. The predicted molar refractivity (Wildman–Crippen MR) is 139 cm³/mol. The summed E-state index contributed by atoms with van der Waals surface area (Å²) in [6.07, 6.45) is 7.21. The Labute approximate surface area is 218 Å². The van der Waals surface area contributed by atoms with Crippen LogP contribution in [-0.2, 0) is 23.2 Å². The molecule has 194 valence electrons. The van der Waals surface area contributed by atoms with Crippen molar-refractivity contribution >= 4 is 5.91 Å². The van der Waals surface area contributed by atoms with Gasteiger partial charge in [-0.1, -0.05) is 36.4 Å². The van der Waals surface area contributed by atoms with E-state index in [1.807, 2.05) is 18.2 Å². The first kappa shape index (κ1) is 22.4. The van der Waals surface area contributed by atoms with E-state index in [1.54, 1.807) is 0 Å². The Morgan fingerprint density at radius 3 is 2.70 bits per heavy atom. The van der Waals surface area contributed by atoms with Gasteiger partial charge in [0.05, 0.1) is 17.1 Å². The topological polar surface area (TPSA) is 62.2 Å². The minimum absolute atomic E-state index is 0.00577. The number of ether oxygens (including phenoxy) is 2. The molecule has 1 amide bonds. The molecule has 4 fully saturated rings. The number of likely N-dealkylation sites (tertiary alicyclic amines) is 2. The van der Waals surface area contributed by atoms with Gasteiger partial charge in [-0.2, -0.15) is 0 Å². The second-order valence-corrected chi connectivity index (χ2v) is 12.3. The van der Waals surface area contributed by atoms with Gasteiger partial charge in [-0.15, -0.1) is 0 Å². The summed E-state index contributed by atoms with van der Waals surface area (Å²) in [5.41, 5.74) is 2.27. The average Bonchev–Trinajstić information content (AvgIpc) is 3.51. The van der Waals surface area contributed by atoms with Crippen LogP contribution < -0.4 is 9.47 Å². The molecule has 6 aliphatic rings. The Morgan fingerprint density at radius 1 is 1.05 bits per heavy atom. The molecule has 2 aromatic rings. The summed E-state index contributed by atoms with van der Waals surface area (Å²) in [4.78, 5) is 17.6. The molecule has 0 aromatic heterocycles. The summed E-state index contributed by atoms with van der Waals surface area (Å²) in [7, 11) is 0. The van der Waals surface area contributed by atoms with Gasteiger partial charge in [0.25, 0.3) is 0 Å². The predicted octanol–water partition coefficient (Wildman–Crippen LogP) is 3.82. The summed E-state index contributed by atoms with van der Waals surface area (Å²) < 4.78 is 13.4. The van der Waals surface area contributed by atoms with Crippen molar-refractivity contribution < 1.29 is 19.4 Å². The molecular weight excluding hydrogens is 464 g/mol. The molecule has 1 spiro atoms. The first-order valence-electron chi connectivity index (χ1n) is 14.3. The lowest BCUT2D eigenvalue weighted by Crippen LogP contribution is -2.78. The monoisotopic (exact) mass is 500 g/mol. The number of piperidine rings is 1. The molecule has 0 radical (unpaired) electrons. The highest BCUT2D eigenvalue weighted by Crippen LogP contribution is 2.66. The fourth-order valence-corrected chi connectivity index (χ4v) is 8.63. The zero-order valence-electron chi connectivity index (χ0n) is 21.4. The lowest BCUT2D eigenvalue weighted by molar-refractivity contribution is -0.200. The van der Waals surface area contributed by atoms with Crippen LogP contribution in [0.5, 0.6) is 11.5 Å². The van der Waals surface area contributed by atoms with Crippen molar-refractivity contribution in [2.75, 3.05) is 19.6 Å². The van der Waals surface area contributed by atoms with Crippen LogP contribution in [0.4, 0.5) is 0 Å². The van der Waals surface area contributed by atoms with E-state index in [-0.39, 0.29) is 24.1 Å². The zero-order chi connectivity index (χ0) is 24.8. The van der Waals surface area contributed by atoms with Gasteiger partial charge in [0.1, 0.15) is 12.7 Å². The summed E-state index contributed by atoms with van der Waals surface area (Å²) in [5.74, 6) is 2.62. The highest BCUT2D eigenvalue weighted by atomic mass is 16.5. The fraction of sp³-hybridized carbons (Fsp3) is 0.581. The van der Waals surface area contributed by atoms with E-state index in [9.17, 15) is 9.90 Å². The van der Waals surface area contributed by atoms with E-state index in [1.165, 1.54) is 24.0 Å². The van der Waals surface area contributed by atoms with Crippen LogP contribution in [-0.4, -0.2) is 64.2 Å². The van der Waals surface area contributed by atoms with E-state index >= 15 is 0 Å². The minimum atomic E-state index is -0.847. The molecule has 2 saturated carbocycles. The van der Waals surface area contributed by atoms with Crippen molar-refractivity contribution in [3.8, 4) is 11.5 Å². The summed E-state index contributed by atoms with van der Waals surface area (Å²) in [6, 6.07) is 14.6. The Morgan fingerprint density at radius 2 is 1.92 bits per heavy atom. The van der Waals surface area contributed by atoms with Crippen molar-refractivity contribution in [2.45, 2.75) is 87.2 Å². The standard InChI is InChI=1S/C31H36N2O4/c34-26-7-4-15-33(26)23-12-13-31(35)25-17-22-10-11-24(36-19-21-5-2-1-3-6-21)28-27(22)30(31,29(23)37-28)14-16-32(25)18-20-8-9-20/h1-3,5-6,10-11,20,23,25,29,35H,4,7-9,12-19H2/t23-,25+,29+,30+,31-/m1/s1. The van der Waals surface area contributed by atoms with E-state index in [4.69, 9.17) is 9.47 Å². The number of rotatable bonds is 6. The number of carbonyl (C=O) groups excluding carboxylic acids is 1. The lowest BCUT2D eigenvalue weighted by atomic mass is 9.48. The molecule has 37 heavy (non-hydrogen) atoms. The summed E-state index contributed by atoms with van der Waals surface area (Å²) in [6.45, 7) is 3.36. The molecule has 3 heterocycles. The second kappa shape index (κ2) is 7.97. The van der Waals surface area contributed by atoms with Gasteiger partial charge in [-0.25, -0.2) is 0 Å². The molecule has 2 saturated heterocycles. The first-order chi connectivity index (χ1) is 18.1. The third-order valence-electron chi connectivity index (χ3n) is 10.5. The van der Waals surface area contributed by atoms with Crippen LogP contribution in [0.15, 0.2) is 42.5 Å². The van der Waals surface area contributed by atoms with Crippen LogP contribution in [0, 0.1) is 5.92 Å². The third-order valence-corrected chi connectivity index (χ3v) is 10.5. The lowest BCUT2D eigenvalue weighted by Gasteiger charge is -2.64. The van der Waals surface area contributed by atoms with E-state index < -0.39 is 11.0 Å². The van der Waals surface area contributed by atoms with Crippen LogP contribution in [0.1, 0.15) is 61.6 Å². The van der Waals surface area contributed by atoms with Gasteiger partial charge in [0.2, 0.25) is 5.91 Å². The molecule has 0 unspecified atom stereocenters. The van der Waals surface area contributed by atoms with Crippen LogP contribution in [0.3, 0.4) is 0 Å². The molecule has 8 rings (SSSR count). The normalized spacial score (nSPS) is 35.9. The van der Waals surface area contributed by atoms with Crippen molar-refractivity contribution in [1.82, 2.24) is 9.80 Å². The van der Waals surface area contributed by atoms with Crippen molar-refractivity contribution in [2.24, 2.45) is 5.92 Å². The molecule has 3 aliphatic carbocycles. The maximum atomic E-state index is 12.9. The minimum Gasteiger partial charge on any atom is -0.485 e. The van der Waals surface area contributed by atoms with Gasteiger partial charge in [-0.3, -0.25) is 9.69 Å². The Balaban J connectivity index is 1.23. The van der Waals surface area contributed by atoms with Crippen molar-refractivity contribution in [1.29, 1.82) is 0 Å². The van der Waals surface area contributed by atoms with Crippen LogP contribution in [0.2, 0.25) is 0 Å². The highest BCUT2D eigenvalue weighted by Gasteiger charge is 2.73. The highest BCUT2D eigenvalue weighted by molar-refractivity contribution is 5.79. The van der Waals surface area contributed by atoms with Crippen molar-refractivity contribution in [3.05, 3.63) is 59.2 Å². The maximum absolute atomic E-state index is 12.9. The average molecular weight is 501 g/mol. The van der Waals surface area contributed by atoms with Crippen molar-refractivity contribution in [3.63, 3.8) is 0 Å². The quantitative estimate of drug-likeness (QED) is 0.654. The number of carbonyl (C=O) groups is 1. The maximum Gasteiger partial charge on any atom is 0.223 e. The molecule has 6 nitrogen and oxygen atoms in total. The molecule has 2 bridgehead atoms. The SMILES string of the molecule is O=C1CCCN1[C@@H]1CC[C@@]2(O)[C@@H]3Cc4ccc(OCc5ccccc5)c5c4[C@@]2(CCN3CC2CC2)[C@H]1O5. The van der Waals surface area contributed by atoms with E-state index in [0.717, 1.165) is 74.7 Å². The Kier molecular flexibility index (Phi) is 4.83. The first-order valence-corrected chi connectivity index (χ1v) is 14.3. The molecular formula is C31H36N2O4. The smallest absolute Gasteiger partial charge is 0.223 e. The molecule has 3 aliphatic heterocycles. The summed E-state index contributed by atoms with van der Waals surface area (Å²) >= 11 is 0. The molecule has 1 N–H and O–H groups in total. The Hall–Kier alpha value is -2.57. The van der Waals surface area contributed by atoms with Crippen LogP contribution in [0.25, 0.3) is 0 Å². The third kappa shape index (κ3) is 3.09. The second-order valence-electron chi connectivity index (χ2n) is 12.3. The van der Waals surface area contributed by atoms with E-state index in [0.29, 0.717) is 13.0 Å². The van der Waals surface area contributed by atoms with E-state index in [2.05, 4.69) is 34.1 Å². The van der Waals surface area contributed by atoms with Gasteiger partial charge in [-0.05, 0) is 74.6 Å². The largest absolute Gasteiger partial charge is 0.485 e. The number of hydrogen-bond acceptors (Lipinski definition) is 5. The molecule has 2 aromatic carbocycles. The number of nitrogens with zero attached hydrogens (tertiary/aromatic N) is 2.